The molecule has 1 aromatic heterocycles. The Bertz CT molecular complexity index is 1080. The SMILES string of the molecule is COC(=O)CNC(=O)c1cccc(NC(=O)c2cc3c(F)cc(Br)cc3[nH]2)c1. The smallest absolute Gasteiger partial charge is 0.325 e. The van der Waals surface area contributed by atoms with Crippen molar-refractivity contribution in [3.05, 3.63) is 64.0 Å². The highest BCUT2D eigenvalue weighted by Gasteiger charge is 2.14. The molecule has 7 nitrogen and oxygen atoms in total. The second kappa shape index (κ2) is 8.22. The molecule has 0 aliphatic heterocycles. The van der Waals surface area contributed by atoms with E-state index in [0.29, 0.717) is 21.1 Å². The number of aromatic nitrogens is 1. The first-order valence-electron chi connectivity index (χ1n) is 8.11. The quantitative estimate of drug-likeness (QED) is 0.522. The van der Waals surface area contributed by atoms with Gasteiger partial charge in [-0.3, -0.25) is 14.4 Å². The normalized spacial score (nSPS) is 10.5. The molecule has 3 rings (SSSR count). The largest absolute Gasteiger partial charge is 0.468 e. The van der Waals surface area contributed by atoms with Crippen molar-refractivity contribution in [2.75, 3.05) is 19.0 Å². The van der Waals surface area contributed by atoms with E-state index in [9.17, 15) is 18.8 Å². The van der Waals surface area contributed by atoms with Crippen LogP contribution in [0.25, 0.3) is 10.9 Å². The Morgan fingerprint density at radius 3 is 2.68 bits per heavy atom. The van der Waals surface area contributed by atoms with Crippen molar-refractivity contribution in [1.29, 1.82) is 0 Å². The van der Waals surface area contributed by atoms with Gasteiger partial charge in [-0.25, -0.2) is 4.39 Å². The summed E-state index contributed by atoms with van der Waals surface area (Å²) < 4.78 is 19.0. The summed E-state index contributed by atoms with van der Waals surface area (Å²) in [4.78, 5) is 38.5. The van der Waals surface area contributed by atoms with Crippen LogP contribution in [0.15, 0.2) is 46.9 Å². The molecule has 144 valence electrons. The lowest BCUT2D eigenvalue weighted by atomic mass is 10.2. The minimum Gasteiger partial charge on any atom is -0.468 e. The van der Waals surface area contributed by atoms with E-state index >= 15 is 0 Å². The Balaban J connectivity index is 1.75. The number of anilines is 1. The van der Waals surface area contributed by atoms with Crippen LogP contribution < -0.4 is 10.6 Å². The van der Waals surface area contributed by atoms with Crippen LogP contribution in [0.3, 0.4) is 0 Å². The van der Waals surface area contributed by atoms with Crippen LogP contribution in [-0.2, 0) is 9.53 Å². The van der Waals surface area contributed by atoms with E-state index in [2.05, 4.69) is 36.3 Å². The van der Waals surface area contributed by atoms with Crippen molar-refractivity contribution >= 4 is 50.3 Å². The standard InChI is InChI=1S/C19H15BrFN3O4/c1-28-17(25)9-22-18(26)10-3-2-4-12(5-10)23-19(27)16-8-13-14(21)6-11(20)7-15(13)24-16/h2-8,24H,9H2,1H3,(H,22,26)(H,23,27). The van der Waals surface area contributed by atoms with Crippen LogP contribution in [-0.4, -0.2) is 36.4 Å². The van der Waals surface area contributed by atoms with Crippen molar-refractivity contribution in [1.82, 2.24) is 10.3 Å². The maximum absolute atomic E-state index is 14.0. The van der Waals surface area contributed by atoms with Gasteiger partial charge >= 0.3 is 5.97 Å². The molecule has 0 bridgehead atoms. The lowest BCUT2D eigenvalue weighted by Crippen LogP contribution is -2.30. The predicted octanol–water partition coefficient (Wildman–Crippen LogP) is 3.22. The summed E-state index contributed by atoms with van der Waals surface area (Å²) in [5, 5.41) is 5.36. The maximum atomic E-state index is 14.0. The van der Waals surface area contributed by atoms with Crippen molar-refractivity contribution in [3.8, 4) is 0 Å². The van der Waals surface area contributed by atoms with Gasteiger partial charge in [0.25, 0.3) is 11.8 Å². The van der Waals surface area contributed by atoms with E-state index in [1.165, 1.54) is 31.4 Å². The predicted molar refractivity (Wildman–Crippen MR) is 105 cm³/mol. The van der Waals surface area contributed by atoms with Crippen molar-refractivity contribution in [2.45, 2.75) is 0 Å². The van der Waals surface area contributed by atoms with Gasteiger partial charge in [0.1, 0.15) is 18.1 Å². The van der Waals surface area contributed by atoms with E-state index in [-0.39, 0.29) is 17.8 Å². The fraction of sp³-hybridized carbons (Fsp3) is 0.105. The molecule has 2 amide bonds. The van der Waals surface area contributed by atoms with E-state index < -0.39 is 23.6 Å². The number of hydrogen-bond donors (Lipinski definition) is 3. The molecule has 28 heavy (non-hydrogen) atoms. The van der Waals surface area contributed by atoms with Gasteiger partial charge in [-0.1, -0.05) is 22.0 Å². The third kappa shape index (κ3) is 4.37. The van der Waals surface area contributed by atoms with Gasteiger partial charge in [-0.2, -0.15) is 0 Å². The Labute approximate surface area is 167 Å². The molecule has 0 radical (unpaired) electrons. The van der Waals surface area contributed by atoms with Crippen molar-refractivity contribution < 1.29 is 23.5 Å². The number of aromatic amines is 1. The minimum absolute atomic E-state index is 0.174. The van der Waals surface area contributed by atoms with Gasteiger partial charge in [0.15, 0.2) is 0 Å². The average molecular weight is 448 g/mol. The molecule has 2 aromatic carbocycles. The summed E-state index contributed by atoms with van der Waals surface area (Å²) in [5.74, 6) is -2.00. The number of rotatable bonds is 5. The molecule has 0 spiro atoms. The zero-order valence-corrected chi connectivity index (χ0v) is 16.2. The number of carbonyl (C=O) groups is 3. The van der Waals surface area contributed by atoms with Gasteiger partial charge in [0, 0.05) is 21.1 Å². The van der Waals surface area contributed by atoms with E-state index in [0.717, 1.165) is 0 Å². The zero-order valence-electron chi connectivity index (χ0n) is 14.6. The van der Waals surface area contributed by atoms with E-state index in [4.69, 9.17) is 0 Å². The highest BCUT2D eigenvalue weighted by atomic mass is 79.9. The number of esters is 1. The van der Waals surface area contributed by atoms with Gasteiger partial charge < -0.3 is 20.4 Å². The minimum atomic E-state index is -0.574. The second-order valence-corrected chi connectivity index (χ2v) is 6.74. The molecule has 1 heterocycles. The first-order valence-corrected chi connectivity index (χ1v) is 8.91. The lowest BCUT2D eigenvalue weighted by Gasteiger charge is -2.07. The Kier molecular flexibility index (Phi) is 5.74. The van der Waals surface area contributed by atoms with Gasteiger partial charge in [-0.15, -0.1) is 0 Å². The number of benzene rings is 2. The molecule has 0 saturated carbocycles. The van der Waals surface area contributed by atoms with Crippen LogP contribution in [0.1, 0.15) is 20.8 Å². The summed E-state index contributed by atoms with van der Waals surface area (Å²) in [6.07, 6.45) is 0. The molecular weight excluding hydrogens is 433 g/mol. The number of H-pyrrole nitrogens is 1. The van der Waals surface area contributed by atoms with Crippen LogP contribution in [0.4, 0.5) is 10.1 Å². The van der Waals surface area contributed by atoms with Gasteiger partial charge in [-0.05, 0) is 36.4 Å². The molecule has 9 heteroatoms. The summed E-state index contributed by atoms with van der Waals surface area (Å²) in [6.45, 7) is -0.262. The number of methoxy groups -OCH3 is 1. The van der Waals surface area contributed by atoms with Crippen LogP contribution in [0, 0.1) is 5.82 Å². The fourth-order valence-electron chi connectivity index (χ4n) is 2.55. The molecule has 0 aliphatic rings. The highest BCUT2D eigenvalue weighted by molar-refractivity contribution is 9.10. The number of fused-ring (bicyclic) bond motifs is 1. The van der Waals surface area contributed by atoms with Crippen LogP contribution >= 0.6 is 15.9 Å². The number of halogens is 2. The van der Waals surface area contributed by atoms with E-state index in [1.54, 1.807) is 18.2 Å². The molecule has 0 unspecified atom stereocenters. The Morgan fingerprint density at radius 1 is 1.14 bits per heavy atom. The monoisotopic (exact) mass is 447 g/mol. The van der Waals surface area contributed by atoms with E-state index in [1.807, 2.05) is 0 Å². The molecular formula is C19H15BrFN3O4. The number of hydrogen-bond acceptors (Lipinski definition) is 4. The van der Waals surface area contributed by atoms with Crippen LogP contribution in [0.5, 0.6) is 0 Å². The lowest BCUT2D eigenvalue weighted by molar-refractivity contribution is -0.139. The second-order valence-electron chi connectivity index (χ2n) is 5.83. The zero-order chi connectivity index (χ0) is 20.3. The average Bonchev–Trinajstić information content (AvgIpc) is 3.10. The summed E-state index contributed by atoms with van der Waals surface area (Å²) >= 11 is 3.20. The molecule has 3 aromatic rings. The first kappa shape index (κ1) is 19.6. The molecule has 0 aliphatic carbocycles. The number of nitrogens with one attached hydrogen (secondary N) is 3. The number of ether oxygens (including phenoxy) is 1. The van der Waals surface area contributed by atoms with Crippen molar-refractivity contribution in [3.63, 3.8) is 0 Å². The Hall–Kier alpha value is -3.20. The highest BCUT2D eigenvalue weighted by Crippen LogP contribution is 2.24. The topological polar surface area (TPSA) is 100 Å². The summed E-state index contributed by atoms with van der Waals surface area (Å²) in [6, 6.07) is 10.6. The molecule has 0 fully saturated rings. The first-order chi connectivity index (χ1) is 13.4. The molecule has 0 atom stereocenters. The summed E-state index contributed by atoms with van der Waals surface area (Å²) in [5.41, 5.74) is 1.28. The third-order valence-corrected chi connectivity index (χ3v) is 4.36. The fourth-order valence-corrected chi connectivity index (χ4v) is 2.98. The van der Waals surface area contributed by atoms with Gasteiger partial charge in [0.05, 0.1) is 12.6 Å². The molecule has 3 N–H and O–H groups in total. The number of amides is 2. The van der Waals surface area contributed by atoms with Crippen LogP contribution in [0.2, 0.25) is 0 Å². The summed E-state index contributed by atoms with van der Waals surface area (Å²) in [7, 11) is 1.22. The third-order valence-electron chi connectivity index (χ3n) is 3.90. The molecule has 0 saturated heterocycles. The number of carbonyl (C=O) groups excluding carboxylic acids is 3. The maximum Gasteiger partial charge on any atom is 0.325 e. The van der Waals surface area contributed by atoms with Gasteiger partial charge in [0.2, 0.25) is 0 Å². The van der Waals surface area contributed by atoms with Crippen molar-refractivity contribution in [2.24, 2.45) is 0 Å². The Morgan fingerprint density at radius 2 is 1.93 bits per heavy atom.